The third-order valence-electron chi connectivity index (χ3n) is 4.17. The maximum absolute atomic E-state index is 5.38. The molecule has 4 nitrogen and oxygen atoms in total. The van der Waals surface area contributed by atoms with Gasteiger partial charge in [0.25, 0.3) is 0 Å². The minimum absolute atomic E-state index is 0.626. The smallest absolute Gasteiger partial charge is 0.0594 e. The summed E-state index contributed by atoms with van der Waals surface area (Å²) in [6.07, 6.45) is 2.44. The zero-order valence-electron chi connectivity index (χ0n) is 12.1. The van der Waals surface area contributed by atoms with E-state index in [1.54, 1.807) is 0 Å². The van der Waals surface area contributed by atoms with Gasteiger partial charge in [-0.05, 0) is 43.6 Å². The molecule has 0 aromatic heterocycles. The normalized spacial score (nSPS) is 21.8. The number of anilines is 1. The van der Waals surface area contributed by atoms with Gasteiger partial charge < -0.3 is 15.4 Å². The van der Waals surface area contributed by atoms with Gasteiger partial charge in [-0.1, -0.05) is 12.1 Å². The lowest BCUT2D eigenvalue weighted by Crippen LogP contribution is -2.35. The Balaban J connectivity index is 1.51. The molecule has 0 bridgehead atoms. The average molecular weight is 275 g/mol. The van der Waals surface area contributed by atoms with Crippen LogP contribution >= 0.6 is 0 Å². The highest BCUT2D eigenvalue weighted by Gasteiger charge is 2.13. The van der Waals surface area contributed by atoms with Gasteiger partial charge in [0.15, 0.2) is 0 Å². The Morgan fingerprint density at radius 1 is 1.10 bits per heavy atom. The molecule has 0 aliphatic carbocycles. The molecule has 0 saturated carbocycles. The predicted octanol–water partition coefficient (Wildman–Crippen LogP) is 1.68. The van der Waals surface area contributed by atoms with E-state index in [0.717, 1.165) is 45.9 Å². The number of ether oxygens (including phenoxy) is 1. The van der Waals surface area contributed by atoms with Crippen molar-refractivity contribution in [2.75, 3.05) is 44.7 Å². The first kappa shape index (κ1) is 13.9. The van der Waals surface area contributed by atoms with Gasteiger partial charge in [0, 0.05) is 31.4 Å². The summed E-state index contributed by atoms with van der Waals surface area (Å²) in [6, 6.07) is 9.56. The molecule has 2 aliphatic heterocycles. The van der Waals surface area contributed by atoms with E-state index in [2.05, 4.69) is 39.8 Å². The Kier molecular flexibility index (Phi) is 4.90. The van der Waals surface area contributed by atoms with Crippen LogP contribution in [0.1, 0.15) is 18.4 Å². The van der Waals surface area contributed by atoms with E-state index in [1.165, 1.54) is 24.1 Å². The van der Waals surface area contributed by atoms with Gasteiger partial charge >= 0.3 is 0 Å². The molecule has 2 fully saturated rings. The molecule has 0 unspecified atom stereocenters. The van der Waals surface area contributed by atoms with E-state index in [4.69, 9.17) is 4.74 Å². The van der Waals surface area contributed by atoms with Gasteiger partial charge in [-0.3, -0.25) is 4.90 Å². The molecule has 2 saturated heterocycles. The summed E-state index contributed by atoms with van der Waals surface area (Å²) in [6.45, 7) is 7.14. The lowest BCUT2D eigenvalue weighted by molar-refractivity contribution is 0.0342. The van der Waals surface area contributed by atoms with Crippen molar-refractivity contribution in [2.24, 2.45) is 0 Å². The molecule has 4 heteroatoms. The average Bonchev–Trinajstić information content (AvgIpc) is 2.51. The van der Waals surface area contributed by atoms with Gasteiger partial charge in [0.1, 0.15) is 0 Å². The first-order chi connectivity index (χ1) is 9.90. The fourth-order valence-electron chi connectivity index (χ4n) is 2.93. The van der Waals surface area contributed by atoms with Crippen molar-refractivity contribution in [2.45, 2.75) is 25.4 Å². The van der Waals surface area contributed by atoms with Gasteiger partial charge in [-0.15, -0.1) is 0 Å². The monoisotopic (exact) mass is 275 g/mol. The van der Waals surface area contributed by atoms with Crippen LogP contribution in [0, 0.1) is 0 Å². The largest absolute Gasteiger partial charge is 0.382 e. The SMILES string of the molecule is c1cc(NC2CCNCC2)ccc1CN1CCOCC1. The molecule has 0 radical (unpaired) electrons. The summed E-state index contributed by atoms with van der Waals surface area (Å²) >= 11 is 0. The molecule has 0 amide bonds. The number of rotatable bonds is 4. The van der Waals surface area contributed by atoms with Gasteiger partial charge in [-0.25, -0.2) is 0 Å². The summed E-state index contributed by atoms with van der Waals surface area (Å²) in [5.74, 6) is 0. The number of benzene rings is 1. The van der Waals surface area contributed by atoms with Crippen LogP contribution in [-0.4, -0.2) is 50.3 Å². The van der Waals surface area contributed by atoms with E-state index in [-0.39, 0.29) is 0 Å². The standard InChI is InChI=1S/C16H25N3O/c1-3-15(18-16-5-7-17-8-6-16)4-2-14(1)13-19-9-11-20-12-10-19/h1-4,16-18H,5-13H2. The summed E-state index contributed by atoms with van der Waals surface area (Å²) in [5.41, 5.74) is 2.64. The summed E-state index contributed by atoms with van der Waals surface area (Å²) in [7, 11) is 0. The van der Waals surface area contributed by atoms with Crippen LogP contribution in [-0.2, 0) is 11.3 Å². The van der Waals surface area contributed by atoms with Crippen LogP contribution in [0.25, 0.3) is 0 Å². The third kappa shape index (κ3) is 3.95. The van der Waals surface area contributed by atoms with E-state index in [1.807, 2.05) is 0 Å². The van der Waals surface area contributed by atoms with Crippen LogP contribution in [0.4, 0.5) is 5.69 Å². The topological polar surface area (TPSA) is 36.5 Å². The van der Waals surface area contributed by atoms with Crippen molar-refractivity contribution in [3.8, 4) is 0 Å². The second kappa shape index (κ2) is 7.07. The van der Waals surface area contributed by atoms with Crippen LogP contribution in [0.2, 0.25) is 0 Å². The van der Waals surface area contributed by atoms with Crippen LogP contribution in [0.3, 0.4) is 0 Å². The summed E-state index contributed by atoms with van der Waals surface area (Å²) < 4.78 is 5.38. The molecule has 20 heavy (non-hydrogen) atoms. The number of morpholine rings is 1. The first-order valence-electron chi connectivity index (χ1n) is 7.76. The highest BCUT2D eigenvalue weighted by atomic mass is 16.5. The Bertz CT molecular complexity index is 356. The van der Waals surface area contributed by atoms with Crippen molar-refractivity contribution < 1.29 is 4.74 Å². The fraction of sp³-hybridized carbons (Fsp3) is 0.625. The highest BCUT2D eigenvalue weighted by molar-refractivity contribution is 5.45. The molecule has 110 valence electrons. The molecule has 2 N–H and O–H groups in total. The lowest BCUT2D eigenvalue weighted by Gasteiger charge is -2.27. The van der Waals surface area contributed by atoms with E-state index in [0.29, 0.717) is 6.04 Å². The van der Waals surface area contributed by atoms with Crippen LogP contribution < -0.4 is 10.6 Å². The zero-order valence-corrected chi connectivity index (χ0v) is 12.1. The van der Waals surface area contributed by atoms with Crippen LogP contribution in [0.15, 0.2) is 24.3 Å². The Hall–Kier alpha value is -1.10. The Morgan fingerprint density at radius 3 is 2.50 bits per heavy atom. The number of hydrogen-bond donors (Lipinski definition) is 2. The fourth-order valence-corrected chi connectivity index (χ4v) is 2.93. The number of nitrogens with zero attached hydrogens (tertiary/aromatic N) is 1. The molecule has 2 heterocycles. The van der Waals surface area contributed by atoms with E-state index >= 15 is 0 Å². The number of piperidine rings is 1. The third-order valence-corrected chi connectivity index (χ3v) is 4.17. The molecule has 0 atom stereocenters. The zero-order chi connectivity index (χ0) is 13.6. The lowest BCUT2D eigenvalue weighted by atomic mass is 10.1. The molecular weight excluding hydrogens is 250 g/mol. The number of hydrogen-bond acceptors (Lipinski definition) is 4. The quantitative estimate of drug-likeness (QED) is 0.876. The molecule has 1 aromatic rings. The molecule has 3 rings (SSSR count). The van der Waals surface area contributed by atoms with E-state index < -0.39 is 0 Å². The van der Waals surface area contributed by atoms with Crippen molar-refractivity contribution in [1.29, 1.82) is 0 Å². The van der Waals surface area contributed by atoms with Crippen LogP contribution in [0.5, 0.6) is 0 Å². The maximum Gasteiger partial charge on any atom is 0.0594 e. The first-order valence-corrected chi connectivity index (χ1v) is 7.76. The number of nitrogens with one attached hydrogen (secondary N) is 2. The second-order valence-electron chi connectivity index (χ2n) is 5.75. The summed E-state index contributed by atoms with van der Waals surface area (Å²) in [4.78, 5) is 2.46. The predicted molar refractivity (Wildman–Crippen MR) is 82.1 cm³/mol. The summed E-state index contributed by atoms with van der Waals surface area (Å²) in [5, 5.41) is 7.04. The van der Waals surface area contributed by atoms with Crippen molar-refractivity contribution in [1.82, 2.24) is 10.2 Å². The highest BCUT2D eigenvalue weighted by Crippen LogP contribution is 2.16. The van der Waals surface area contributed by atoms with Crippen molar-refractivity contribution in [3.63, 3.8) is 0 Å². The minimum Gasteiger partial charge on any atom is -0.382 e. The molecule has 2 aliphatic rings. The second-order valence-corrected chi connectivity index (χ2v) is 5.75. The minimum atomic E-state index is 0.626. The van der Waals surface area contributed by atoms with Gasteiger partial charge in [0.2, 0.25) is 0 Å². The van der Waals surface area contributed by atoms with Gasteiger partial charge in [-0.2, -0.15) is 0 Å². The Labute approximate surface area is 121 Å². The maximum atomic E-state index is 5.38. The van der Waals surface area contributed by atoms with E-state index in [9.17, 15) is 0 Å². The molecule has 0 spiro atoms. The molecule has 1 aromatic carbocycles. The Morgan fingerprint density at radius 2 is 1.80 bits per heavy atom. The van der Waals surface area contributed by atoms with Crippen molar-refractivity contribution in [3.05, 3.63) is 29.8 Å². The van der Waals surface area contributed by atoms with Gasteiger partial charge in [0.05, 0.1) is 13.2 Å². The molecular formula is C16H25N3O. The van der Waals surface area contributed by atoms with Crippen molar-refractivity contribution >= 4 is 5.69 Å².